The summed E-state index contributed by atoms with van der Waals surface area (Å²) in [6.45, 7) is 18.5. The van der Waals surface area contributed by atoms with Crippen LogP contribution in [0.4, 0.5) is 4.79 Å². The first-order valence-corrected chi connectivity index (χ1v) is 15.5. The Morgan fingerprint density at radius 1 is 0.900 bits per heavy atom. The molecule has 0 bridgehead atoms. The molecule has 1 rings (SSSR count). The third-order valence-corrected chi connectivity index (χ3v) is 7.01. The third kappa shape index (κ3) is 12.7. The highest BCUT2D eigenvalue weighted by Crippen LogP contribution is 2.28. The number of rotatable bonds is 17. The van der Waals surface area contributed by atoms with Gasteiger partial charge in [-0.15, -0.1) is 0 Å². The van der Waals surface area contributed by atoms with Gasteiger partial charge in [0, 0.05) is 13.1 Å². The molecule has 0 aliphatic rings. The molecule has 0 aromatic heterocycles. The van der Waals surface area contributed by atoms with Gasteiger partial charge in [0.05, 0.1) is 0 Å². The van der Waals surface area contributed by atoms with Crippen molar-refractivity contribution >= 4 is 17.9 Å². The Morgan fingerprint density at radius 3 is 2.10 bits per heavy atom. The van der Waals surface area contributed by atoms with Gasteiger partial charge in [-0.25, -0.2) is 4.79 Å². The molecule has 1 aromatic rings. The number of amides is 3. The van der Waals surface area contributed by atoms with E-state index in [1.54, 1.807) is 25.7 Å². The molecule has 0 radical (unpaired) electrons. The maximum absolute atomic E-state index is 14.3. The normalized spacial score (nSPS) is 13.1. The number of aryl methyl sites for hydroxylation is 2. The molecule has 0 saturated carbocycles. The van der Waals surface area contributed by atoms with Crippen molar-refractivity contribution in [3.63, 3.8) is 0 Å². The van der Waals surface area contributed by atoms with Crippen LogP contribution >= 0.6 is 0 Å². The molecule has 2 N–H and O–H groups in total. The van der Waals surface area contributed by atoms with Crippen molar-refractivity contribution in [2.45, 2.75) is 138 Å². The van der Waals surface area contributed by atoms with Gasteiger partial charge in [-0.3, -0.25) is 9.59 Å². The van der Waals surface area contributed by atoms with Gasteiger partial charge >= 0.3 is 6.09 Å². The average molecular weight is 560 g/mol. The van der Waals surface area contributed by atoms with Crippen molar-refractivity contribution in [3.05, 3.63) is 34.9 Å². The van der Waals surface area contributed by atoms with Crippen molar-refractivity contribution in [1.29, 1.82) is 0 Å². The lowest BCUT2D eigenvalue weighted by atomic mass is 9.94. The van der Waals surface area contributed by atoms with Crippen LogP contribution in [0.5, 0.6) is 0 Å². The number of hydrogen-bond donors (Lipinski definition) is 2. The van der Waals surface area contributed by atoms with Crippen molar-refractivity contribution in [2.24, 2.45) is 5.92 Å². The van der Waals surface area contributed by atoms with Crippen LogP contribution in [-0.2, 0) is 14.3 Å². The zero-order valence-electron chi connectivity index (χ0n) is 26.8. The molecular formula is C33H57N3O4. The van der Waals surface area contributed by atoms with Crippen LogP contribution in [0.25, 0.3) is 0 Å². The van der Waals surface area contributed by atoms with E-state index in [1.165, 1.54) is 12.8 Å². The number of ether oxygens (including phenoxy) is 1. The SMILES string of the molecule is CCCCCCCCN(C(=O)C(NC(=O)OC(C)(C)C)C(C)C)C(C(=O)NCCCCC)c1cc(C)ccc1C. The Labute approximate surface area is 244 Å². The lowest BCUT2D eigenvalue weighted by Crippen LogP contribution is -2.55. The van der Waals surface area contributed by atoms with Gasteiger partial charge in [-0.1, -0.05) is 96.4 Å². The summed E-state index contributed by atoms with van der Waals surface area (Å²) in [5, 5.41) is 5.93. The predicted molar refractivity (Wildman–Crippen MR) is 164 cm³/mol. The summed E-state index contributed by atoms with van der Waals surface area (Å²) >= 11 is 0. The molecular weight excluding hydrogens is 502 g/mol. The number of carbonyl (C=O) groups is 3. The van der Waals surface area contributed by atoms with Crippen LogP contribution in [0.2, 0.25) is 0 Å². The maximum atomic E-state index is 14.3. The van der Waals surface area contributed by atoms with E-state index >= 15 is 0 Å². The zero-order valence-corrected chi connectivity index (χ0v) is 26.8. The average Bonchev–Trinajstić information content (AvgIpc) is 2.86. The number of benzene rings is 1. The Morgan fingerprint density at radius 2 is 1.50 bits per heavy atom. The number of alkyl carbamates (subject to hydrolysis) is 1. The molecule has 0 aliphatic heterocycles. The Hall–Kier alpha value is -2.57. The summed E-state index contributed by atoms with van der Waals surface area (Å²) < 4.78 is 5.49. The van der Waals surface area contributed by atoms with Crippen molar-refractivity contribution in [2.75, 3.05) is 13.1 Å². The molecule has 2 atom stereocenters. The summed E-state index contributed by atoms with van der Waals surface area (Å²) in [6.07, 6.45) is 8.75. The van der Waals surface area contributed by atoms with E-state index in [2.05, 4.69) is 24.5 Å². The van der Waals surface area contributed by atoms with Gasteiger partial charge in [0.2, 0.25) is 11.8 Å². The first-order chi connectivity index (χ1) is 18.8. The minimum Gasteiger partial charge on any atom is -0.444 e. The maximum Gasteiger partial charge on any atom is 0.408 e. The summed E-state index contributed by atoms with van der Waals surface area (Å²) in [4.78, 5) is 42.7. The number of nitrogens with zero attached hydrogens (tertiary/aromatic N) is 1. The molecule has 0 fully saturated rings. The second-order valence-electron chi connectivity index (χ2n) is 12.4. The first-order valence-electron chi connectivity index (χ1n) is 15.5. The molecule has 0 saturated heterocycles. The van der Waals surface area contributed by atoms with E-state index in [-0.39, 0.29) is 17.7 Å². The highest BCUT2D eigenvalue weighted by Gasteiger charge is 2.37. The molecule has 228 valence electrons. The van der Waals surface area contributed by atoms with Crippen molar-refractivity contribution in [1.82, 2.24) is 15.5 Å². The minimum absolute atomic E-state index is 0.177. The van der Waals surface area contributed by atoms with Crippen LogP contribution in [0.3, 0.4) is 0 Å². The largest absolute Gasteiger partial charge is 0.444 e. The van der Waals surface area contributed by atoms with E-state index in [0.29, 0.717) is 13.1 Å². The summed E-state index contributed by atoms with van der Waals surface area (Å²) in [5.74, 6) is -0.633. The van der Waals surface area contributed by atoms with Gasteiger partial charge in [0.15, 0.2) is 0 Å². The second kappa shape index (κ2) is 18.0. The molecule has 40 heavy (non-hydrogen) atoms. The molecule has 0 spiro atoms. The van der Waals surface area contributed by atoms with E-state index in [4.69, 9.17) is 4.74 Å². The minimum atomic E-state index is -0.824. The van der Waals surface area contributed by atoms with Crippen LogP contribution in [0.1, 0.15) is 129 Å². The van der Waals surface area contributed by atoms with E-state index < -0.39 is 23.8 Å². The van der Waals surface area contributed by atoms with Crippen molar-refractivity contribution in [3.8, 4) is 0 Å². The number of nitrogens with one attached hydrogen (secondary N) is 2. The monoisotopic (exact) mass is 559 g/mol. The number of hydrogen-bond acceptors (Lipinski definition) is 4. The summed E-state index contributed by atoms with van der Waals surface area (Å²) in [6, 6.07) is 4.44. The Kier molecular flexibility index (Phi) is 15.9. The molecule has 7 heteroatoms. The van der Waals surface area contributed by atoms with Gasteiger partial charge in [-0.2, -0.15) is 0 Å². The van der Waals surface area contributed by atoms with Crippen LogP contribution in [-0.4, -0.2) is 47.5 Å². The lowest BCUT2D eigenvalue weighted by Gasteiger charge is -2.36. The molecule has 3 amide bonds. The van der Waals surface area contributed by atoms with E-state index in [9.17, 15) is 14.4 Å². The second-order valence-corrected chi connectivity index (χ2v) is 12.4. The highest BCUT2D eigenvalue weighted by molar-refractivity contribution is 5.92. The fourth-order valence-electron chi connectivity index (χ4n) is 4.74. The molecule has 0 aliphatic carbocycles. The number of unbranched alkanes of at least 4 members (excludes halogenated alkanes) is 7. The number of carbonyl (C=O) groups excluding carboxylic acids is 3. The lowest BCUT2D eigenvalue weighted by molar-refractivity contribution is -0.143. The van der Waals surface area contributed by atoms with Gasteiger partial charge in [-0.05, 0) is 64.5 Å². The zero-order chi connectivity index (χ0) is 30.3. The molecule has 1 aromatic carbocycles. The molecule has 7 nitrogen and oxygen atoms in total. The third-order valence-electron chi connectivity index (χ3n) is 7.01. The van der Waals surface area contributed by atoms with E-state index in [0.717, 1.165) is 61.6 Å². The van der Waals surface area contributed by atoms with Crippen molar-refractivity contribution < 1.29 is 19.1 Å². The first kappa shape index (κ1) is 35.5. The fraction of sp³-hybridized carbons (Fsp3) is 0.727. The smallest absolute Gasteiger partial charge is 0.408 e. The summed E-state index contributed by atoms with van der Waals surface area (Å²) in [5.41, 5.74) is 2.13. The van der Waals surface area contributed by atoms with E-state index in [1.807, 2.05) is 45.9 Å². The van der Waals surface area contributed by atoms with Gasteiger partial charge < -0.3 is 20.3 Å². The highest BCUT2D eigenvalue weighted by atomic mass is 16.6. The van der Waals surface area contributed by atoms with Gasteiger partial charge in [0.1, 0.15) is 17.7 Å². The van der Waals surface area contributed by atoms with Crippen LogP contribution in [0.15, 0.2) is 18.2 Å². The molecule has 2 unspecified atom stereocenters. The quantitative estimate of drug-likeness (QED) is 0.195. The Bertz CT molecular complexity index is 923. The summed E-state index contributed by atoms with van der Waals surface area (Å²) in [7, 11) is 0. The van der Waals surface area contributed by atoms with Crippen LogP contribution < -0.4 is 10.6 Å². The Balaban J connectivity index is 3.45. The predicted octanol–water partition coefficient (Wildman–Crippen LogP) is 7.39. The topological polar surface area (TPSA) is 87.7 Å². The van der Waals surface area contributed by atoms with Crippen LogP contribution in [0, 0.1) is 19.8 Å². The molecule has 0 heterocycles. The standard InChI is InChI=1S/C33H57N3O4/c1-10-12-14-15-16-18-22-36(31(38)28(24(3)4)35-32(39)40-33(7,8)9)29(30(37)34-21-17-13-11-2)27-23-25(5)19-20-26(27)6/h19-20,23-24,28-29H,10-18,21-22H2,1-9H3,(H,34,37)(H,35,39). The fourth-order valence-corrected chi connectivity index (χ4v) is 4.74. The van der Waals surface area contributed by atoms with Gasteiger partial charge in [0.25, 0.3) is 0 Å².